The Morgan fingerprint density at radius 2 is 1.53 bits per heavy atom. The van der Waals surface area contributed by atoms with Crippen LogP contribution in [0.15, 0.2) is 77.7 Å². The van der Waals surface area contributed by atoms with Gasteiger partial charge in [0.25, 0.3) is 10.0 Å². The quantitative estimate of drug-likeness (QED) is 0.245. The van der Waals surface area contributed by atoms with Crippen LogP contribution < -0.4 is 9.04 Å². The van der Waals surface area contributed by atoms with Crippen LogP contribution in [-0.2, 0) is 16.6 Å². The van der Waals surface area contributed by atoms with Gasteiger partial charge in [0.05, 0.1) is 28.8 Å². The first-order valence-corrected chi connectivity index (χ1v) is 14.1. The van der Waals surface area contributed by atoms with E-state index in [1.165, 1.54) is 35.7 Å². The van der Waals surface area contributed by atoms with Crippen LogP contribution in [0.4, 0.5) is 5.69 Å². The molecule has 0 radical (unpaired) electrons. The fourth-order valence-electron chi connectivity index (χ4n) is 4.27. The van der Waals surface area contributed by atoms with Gasteiger partial charge >= 0.3 is 0 Å². The summed E-state index contributed by atoms with van der Waals surface area (Å²) in [6.07, 6.45) is 4.78. The van der Waals surface area contributed by atoms with Gasteiger partial charge in [-0.2, -0.15) is 0 Å². The maximum absolute atomic E-state index is 13.7. The third-order valence-electron chi connectivity index (χ3n) is 6.13. The molecule has 0 saturated carbocycles. The lowest BCUT2D eigenvalue weighted by molar-refractivity contribution is 0.204. The molecule has 0 spiro atoms. The van der Waals surface area contributed by atoms with Crippen LogP contribution in [0.3, 0.4) is 0 Å². The molecular weight excluding hydrogens is 539 g/mol. The highest BCUT2D eigenvalue weighted by Crippen LogP contribution is 2.34. The lowest BCUT2D eigenvalue weighted by atomic mass is 10.1. The number of para-hydroxylation sites is 2. The molecule has 0 aliphatic carbocycles. The number of halogens is 3. The second-order valence-electron chi connectivity index (χ2n) is 8.63. The molecule has 3 aromatic carbocycles. The van der Waals surface area contributed by atoms with Gasteiger partial charge in [-0.1, -0.05) is 60.0 Å². The Balaban J connectivity index is 0.00000361. The zero-order valence-electron chi connectivity index (χ0n) is 20.0. The molecule has 0 unspecified atom stereocenters. The monoisotopic (exact) mass is 568 g/mol. The molecule has 1 fully saturated rings. The predicted molar refractivity (Wildman–Crippen MR) is 150 cm³/mol. The number of benzene rings is 3. The highest BCUT2D eigenvalue weighted by Gasteiger charge is 2.27. The summed E-state index contributed by atoms with van der Waals surface area (Å²) in [7, 11) is -3.92. The molecule has 194 valence electrons. The Morgan fingerprint density at radius 3 is 2.25 bits per heavy atom. The van der Waals surface area contributed by atoms with Gasteiger partial charge in [0, 0.05) is 17.1 Å². The van der Waals surface area contributed by atoms with Crippen molar-refractivity contribution in [2.75, 3.05) is 30.5 Å². The number of piperidine rings is 1. The van der Waals surface area contributed by atoms with Gasteiger partial charge < -0.3 is 9.64 Å². The lowest BCUT2D eigenvalue weighted by Crippen LogP contribution is -2.31. The normalized spacial score (nSPS) is 14.2. The first-order valence-electron chi connectivity index (χ1n) is 11.9. The largest absolute Gasteiger partial charge is 0.493 e. The van der Waals surface area contributed by atoms with E-state index in [0.29, 0.717) is 28.1 Å². The molecule has 5 nitrogen and oxygen atoms in total. The summed E-state index contributed by atoms with van der Waals surface area (Å²) >= 11 is 12.5. The van der Waals surface area contributed by atoms with Crippen LogP contribution >= 0.6 is 35.6 Å². The molecule has 1 aliphatic heterocycles. The summed E-state index contributed by atoms with van der Waals surface area (Å²) in [5.74, 6) is 0.675. The first-order chi connectivity index (χ1) is 16.9. The van der Waals surface area contributed by atoms with E-state index in [1.54, 1.807) is 36.4 Å². The maximum Gasteiger partial charge on any atom is 0.264 e. The van der Waals surface area contributed by atoms with Crippen LogP contribution in [-0.4, -0.2) is 39.6 Å². The Bertz CT molecular complexity index is 1220. The molecule has 1 saturated heterocycles. The third kappa shape index (κ3) is 7.30. The van der Waals surface area contributed by atoms with Gasteiger partial charge in [-0.25, -0.2) is 8.42 Å². The van der Waals surface area contributed by atoms with Gasteiger partial charge in [0.2, 0.25) is 0 Å². The van der Waals surface area contributed by atoms with Crippen LogP contribution in [0.2, 0.25) is 10.0 Å². The van der Waals surface area contributed by atoms with Gasteiger partial charge in [-0.3, -0.25) is 4.31 Å². The zero-order valence-corrected chi connectivity index (χ0v) is 23.1. The molecular formula is C27H31Cl3N2O3S. The van der Waals surface area contributed by atoms with E-state index in [-0.39, 0.29) is 23.8 Å². The van der Waals surface area contributed by atoms with Crippen molar-refractivity contribution in [2.24, 2.45) is 0 Å². The SMILES string of the molecule is Cl.O=S(=O)(c1ccc(Cl)cc1)N(Cc1ccccc1OCCCN1CCCCC1)c1ccccc1Cl. The number of hydrogen-bond acceptors (Lipinski definition) is 4. The smallest absolute Gasteiger partial charge is 0.264 e. The molecule has 1 heterocycles. The number of likely N-dealkylation sites (tertiary alicyclic amines) is 1. The minimum absolute atomic E-state index is 0. The highest BCUT2D eigenvalue weighted by molar-refractivity contribution is 7.92. The summed E-state index contributed by atoms with van der Waals surface area (Å²) in [6.45, 7) is 3.98. The van der Waals surface area contributed by atoms with E-state index >= 15 is 0 Å². The maximum atomic E-state index is 13.7. The topological polar surface area (TPSA) is 49.9 Å². The van der Waals surface area contributed by atoms with Crippen molar-refractivity contribution in [3.63, 3.8) is 0 Å². The molecule has 0 amide bonds. The molecule has 3 aromatic rings. The number of rotatable bonds is 10. The summed E-state index contributed by atoms with van der Waals surface area (Å²) in [5, 5.41) is 0.821. The molecule has 4 rings (SSSR count). The Hall–Kier alpha value is -1.96. The number of nitrogens with zero attached hydrogens (tertiary/aromatic N) is 2. The number of hydrogen-bond donors (Lipinski definition) is 0. The Morgan fingerprint density at radius 1 is 0.861 bits per heavy atom. The van der Waals surface area contributed by atoms with Gasteiger partial charge in [0.15, 0.2) is 0 Å². The lowest BCUT2D eigenvalue weighted by Gasteiger charge is -2.27. The fourth-order valence-corrected chi connectivity index (χ4v) is 6.15. The third-order valence-corrected chi connectivity index (χ3v) is 8.48. The molecule has 36 heavy (non-hydrogen) atoms. The summed E-state index contributed by atoms with van der Waals surface area (Å²) in [6, 6.07) is 20.6. The molecule has 0 aromatic heterocycles. The molecule has 0 N–H and O–H groups in total. The van der Waals surface area contributed by atoms with E-state index < -0.39 is 10.0 Å². The average Bonchev–Trinajstić information content (AvgIpc) is 2.87. The molecule has 0 atom stereocenters. The summed E-state index contributed by atoms with van der Waals surface area (Å²) < 4.78 is 34.9. The van der Waals surface area contributed by atoms with Crippen LogP contribution in [0, 0.1) is 0 Å². The number of sulfonamides is 1. The van der Waals surface area contributed by atoms with Crippen molar-refractivity contribution >= 4 is 51.3 Å². The van der Waals surface area contributed by atoms with Gasteiger partial charge in [-0.15, -0.1) is 12.4 Å². The average molecular weight is 570 g/mol. The molecule has 9 heteroatoms. The molecule has 0 bridgehead atoms. The summed E-state index contributed by atoms with van der Waals surface area (Å²) in [5.41, 5.74) is 1.17. The van der Waals surface area contributed by atoms with Crippen molar-refractivity contribution in [1.29, 1.82) is 0 Å². The van der Waals surface area contributed by atoms with Crippen molar-refractivity contribution < 1.29 is 13.2 Å². The van der Waals surface area contributed by atoms with Crippen LogP contribution in [0.1, 0.15) is 31.2 Å². The summed E-state index contributed by atoms with van der Waals surface area (Å²) in [4.78, 5) is 2.62. The number of anilines is 1. The van der Waals surface area contributed by atoms with Crippen molar-refractivity contribution in [2.45, 2.75) is 37.1 Å². The van der Waals surface area contributed by atoms with Gasteiger partial charge in [0.1, 0.15) is 5.75 Å². The predicted octanol–water partition coefficient (Wildman–Crippen LogP) is 7.07. The number of ether oxygens (including phenoxy) is 1. The minimum atomic E-state index is -3.92. The standard InChI is InChI=1S/C27H30Cl2N2O3S.ClH/c28-23-13-15-24(16-14-23)35(32,33)31(26-11-4-3-10-25(26)29)21-22-9-2-5-12-27(22)34-20-8-19-30-17-6-1-7-18-30;/h2-5,9-16H,1,6-8,17-21H2;1H. The second-order valence-corrected chi connectivity index (χ2v) is 11.3. The zero-order chi connectivity index (χ0) is 24.7. The first kappa shape index (κ1) is 28.6. The van der Waals surface area contributed by atoms with Crippen LogP contribution in [0.25, 0.3) is 0 Å². The van der Waals surface area contributed by atoms with E-state index in [1.807, 2.05) is 24.3 Å². The molecule has 1 aliphatic rings. The van der Waals surface area contributed by atoms with E-state index in [9.17, 15) is 8.42 Å². The van der Waals surface area contributed by atoms with Crippen molar-refractivity contribution in [1.82, 2.24) is 4.90 Å². The van der Waals surface area contributed by atoms with E-state index in [4.69, 9.17) is 27.9 Å². The fraction of sp³-hybridized carbons (Fsp3) is 0.333. The highest BCUT2D eigenvalue weighted by atomic mass is 35.5. The van der Waals surface area contributed by atoms with E-state index in [0.717, 1.165) is 31.6 Å². The Kier molecular flexibility index (Phi) is 10.8. The minimum Gasteiger partial charge on any atom is -0.493 e. The van der Waals surface area contributed by atoms with E-state index in [2.05, 4.69) is 4.90 Å². The second kappa shape index (κ2) is 13.5. The van der Waals surface area contributed by atoms with Crippen molar-refractivity contribution in [3.05, 3.63) is 88.4 Å². The van der Waals surface area contributed by atoms with Crippen molar-refractivity contribution in [3.8, 4) is 5.75 Å². The van der Waals surface area contributed by atoms with Gasteiger partial charge in [-0.05, 0) is 74.8 Å². The Labute approximate surface area is 230 Å². The van der Waals surface area contributed by atoms with Crippen LogP contribution in [0.5, 0.6) is 5.75 Å².